The number of phenols is 1. The van der Waals surface area contributed by atoms with Gasteiger partial charge in [-0.2, -0.15) is 0 Å². The first-order valence-corrected chi connectivity index (χ1v) is 8.31. The van der Waals surface area contributed by atoms with Gasteiger partial charge < -0.3 is 9.84 Å². The van der Waals surface area contributed by atoms with Crippen LogP contribution in [-0.2, 0) is 0 Å². The third-order valence-corrected chi connectivity index (χ3v) is 3.88. The number of aromatic hydroxyl groups is 1. The van der Waals surface area contributed by atoms with Gasteiger partial charge in [0.15, 0.2) is 0 Å². The van der Waals surface area contributed by atoms with Crippen molar-refractivity contribution in [3.8, 4) is 11.5 Å². The standard InChI is InChI=1S/C20H26O2/c1-2-3-4-5-9-16-20(18-14-10-11-15-19(18)21)22-17-12-7-6-8-13-17/h6-8,10-15,20-21H,2-5,9,16H2,1H3. The van der Waals surface area contributed by atoms with Gasteiger partial charge in [-0.3, -0.25) is 0 Å². The molecule has 0 aromatic heterocycles. The lowest BCUT2D eigenvalue weighted by atomic mass is 10.0. The zero-order valence-electron chi connectivity index (χ0n) is 13.4. The van der Waals surface area contributed by atoms with Crippen molar-refractivity contribution >= 4 is 0 Å². The van der Waals surface area contributed by atoms with Gasteiger partial charge in [-0.1, -0.05) is 69.0 Å². The maximum absolute atomic E-state index is 10.1. The van der Waals surface area contributed by atoms with E-state index < -0.39 is 0 Å². The largest absolute Gasteiger partial charge is 0.508 e. The summed E-state index contributed by atoms with van der Waals surface area (Å²) >= 11 is 0. The predicted octanol–water partition coefficient (Wildman–Crippen LogP) is 5.87. The smallest absolute Gasteiger partial charge is 0.127 e. The van der Waals surface area contributed by atoms with Crippen molar-refractivity contribution in [2.75, 3.05) is 0 Å². The molecule has 0 amide bonds. The summed E-state index contributed by atoms with van der Waals surface area (Å²) < 4.78 is 6.13. The van der Waals surface area contributed by atoms with Crippen LogP contribution in [-0.4, -0.2) is 5.11 Å². The van der Waals surface area contributed by atoms with Gasteiger partial charge in [0.2, 0.25) is 0 Å². The fourth-order valence-electron chi connectivity index (χ4n) is 2.63. The second-order valence-corrected chi connectivity index (χ2v) is 5.68. The zero-order valence-corrected chi connectivity index (χ0v) is 13.4. The number of rotatable bonds is 9. The summed E-state index contributed by atoms with van der Waals surface area (Å²) in [7, 11) is 0. The number of unbranched alkanes of at least 4 members (excludes halogenated alkanes) is 4. The number of para-hydroxylation sites is 2. The average Bonchev–Trinajstić information content (AvgIpc) is 2.55. The van der Waals surface area contributed by atoms with E-state index in [-0.39, 0.29) is 6.10 Å². The van der Waals surface area contributed by atoms with Gasteiger partial charge in [0.05, 0.1) is 0 Å². The van der Waals surface area contributed by atoms with Crippen molar-refractivity contribution in [3.05, 3.63) is 60.2 Å². The fraction of sp³-hybridized carbons (Fsp3) is 0.400. The summed E-state index contributed by atoms with van der Waals surface area (Å²) in [6, 6.07) is 17.3. The summed E-state index contributed by atoms with van der Waals surface area (Å²) in [6.07, 6.45) is 6.99. The van der Waals surface area contributed by atoms with E-state index in [9.17, 15) is 5.11 Å². The maximum Gasteiger partial charge on any atom is 0.127 e. The van der Waals surface area contributed by atoms with Crippen LogP contribution in [0.3, 0.4) is 0 Å². The third-order valence-electron chi connectivity index (χ3n) is 3.88. The van der Waals surface area contributed by atoms with Crippen LogP contribution in [0, 0.1) is 0 Å². The highest BCUT2D eigenvalue weighted by molar-refractivity contribution is 5.35. The molecule has 0 bridgehead atoms. The molecule has 1 N–H and O–H groups in total. The summed E-state index contributed by atoms with van der Waals surface area (Å²) in [5, 5.41) is 10.1. The molecule has 0 saturated carbocycles. The summed E-state index contributed by atoms with van der Waals surface area (Å²) in [5.74, 6) is 1.17. The molecular formula is C20H26O2. The molecule has 2 aromatic carbocycles. The normalized spacial score (nSPS) is 12.0. The lowest BCUT2D eigenvalue weighted by molar-refractivity contribution is 0.186. The van der Waals surface area contributed by atoms with Gasteiger partial charge in [-0.05, 0) is 31.0 Å². The minimum Gasteiger partial charge on any atom is -0.508 e. The van der Waals surface area contributed by atoms with Gasteiger partial charge in [-0.25, -0.2) is 0 Å². The van der Waals surface area contributed by atoms with Crippen LogP contribution in [0.2, 0.25) is 0 Å². The SMILES string of the molecule is CCCCCCCC(Oc1ccccc1)c1ccccc1O. The Bertz CT molecular complexity index is 536. The van der Waals surface area contributed by atoms with E-state index in [1.807, 2.05) is 48.5 Å². The van der Waals surface area contributed by atoms with Crippen molar-refractivity contribution in [1.82, 2.24) is 0 Å². The molecule has 1 unspecified atom stereocenters. The number of benzene rings is 2. The molecule has 2 aromatic rings. The molecule has 0 aliphatic rings. The Kier molecular flexibility index (Phi) is 6.82. The molecule has 0 spiro atoms. The lowest BCUT2D eigenvalue weighted by Gasteiger charge is -2.20. The van der Waals surface area contributed by atoms with E-state index in [1.54, 1.807) is 6.07 Å². The number of hydrogen-bond acceptors (Lipinski definition) is 2. The summed E-state index contributed by atoms with van der Waals surface area (Å²) in [6.45, 7) is 2.23. The number of phenolic OH excluding ortho intramolecular Hbond substituents is 1. The summed E-state index contributed by atoms with van der Waals surface area (Å²) in [4.78, 5) is 0. The molecule has 0 radical (unpaired) electrons. The molecular weight excluding hydrogens is 272 g/mol. The second-order valence-electron chi connectivity index (χ2n) is 5.68. The van der Waals surface area contributed by atoms with Crippen molar-refractivity contribution in [2.45, 2.75) is 51.6 Å². The van der Waals surface area contributed by atoms with Crippen molar-refractivity contribution in [3.63, 3.8) is 0 Å². The van der Waals surface area contributed by atoms with Crippen LogP contribution >= 0.6 is 0 Å². The van der Waals surface area contributed by atoms with Crippen LogP contribution in [0.15, 0.2) is 54.6 Å². The van der Waals surface area contributed by atoms with Crippen LogP contribution in [0.5, 0.6) is 11.5 Å². The molecule has 2 heteroatoms. The van der Waals surface area contributed by atoms with Gasteiger partial charge in [0, 0.05) is 5.56 Å². The minimum atomic E-state index is -0.0924. The minimum absolute atomic E-state index is 0.0924. The highest BCUT2D eigenvalue weighted by Crippen LogP contribution is 2.32. The van der Waals surface area contributed by atoms with Crippen molar-refractivity contribution in [1.29, 1.82) is 0 Å². The van der Waals surface area contributed by atoms with Crippen molar-refractivity contribution < 1.29 is 9.84 Å². The molecule has 2 rings (SSSR count). The molecule has 118 valence electrons. The third kappa shape index (κ3) is 5.10. The van der Waals surface area contributed by atoms with Crippen LogP contribution in [0.25, 0.3) is 0 Å². The lowest BCUT2D eigenvalue weighted by Crippen LogP contribution is -2.08. The molecule has 1 atom stereocenters. The first-order chi connectivity index (χ1) is 10.8. The van der Waals surface area contributed by atoms with Crippen LogP contribution in [0.4, 0.5) is 0 Å². The second kappa shape index (κ2) is 9.14. The van der Waals surface area contributed by atoms with E-state index in [1.165, 1.54) is 25.7 Å². The van der Waals surface area contributed by atoms with E-state index in [2.05, 4.69) is 6.92 Å². The first kappa shape index (κ1) is 16.4. The highest BCUT2D eigenvalue weighted by atomic mass is 16.5. The Morgan fingerprint density at radius 2 is 1.55 bits per heavy atom. The first-order valence-electron chi connectivity index (χ1n) is 8.31. The van der Waals surface area contributed by atoms with Gasteiger partial charge in [-0.15, -0.1) is 0 Å². The fourth-order valence-corrected chi connectivity index (χ4v) is 2.63. The Hall–Kier alpha value is -1.96. The Morgan fingerprint density at radius 3 is 2.27 bits per heavy atom. The predicted molar refractivity (Wildman–Crippen MR) is 91.3 cm³/mol. The number of ether oxygens (including phenoxy) is 1. The van der Waals surface area contributed by atoms with Gasteiger partial charge in [0.25, 0.3) is 0 Å². The highest BCUT2D eigenvalue weighted by Gasteiger charge is 2.16. The monoisotopic (exact) mass is 298 g/mol. The Labute approximate surface area is 133 Å². The van der Waals surface area contributed by atoms with Gasteiger partial charge >= 0.3 is 0 Å². The van der Waals surface area contributed by atoms with E-state index in [0.29, 0.717) is 5.75 Å². The molecule has 0 aliphatic heterocycles. The molecule has 0 fully saturated rings. The molecule has 0 saturated heterocycles. The zero-order chi connectivity index (χ0) is 15.6. The molecule has 0 heterocycles. The van der Waals surface area contributed by atoms with Crippen LogP contribution in [0.1, 0.15) is 57.1 Å². The molecule has 22 heavy (non-hydrogen) atoms. The summed E-state index contributed by atoms with van der Waals surface area (Å²) in [5.41, 5.74) is 0.877. The number of hydrogen-bond donors (Lipinski definition) is 1. The maximum atomic E-state index is 10.1. The van der Waals surface area contributed by atoms with Crippen LogP contribution < -0.4 is 4.74 Å². The molecule has 2 nitrogen and oxygen atoms in total. The van der Waals surface area contributed by atoms with E-state index in [4.69, 9.17) is 4.74 Å². The Morgan fingerprint density at radius 1 is 0.864 bits per heavy atom. The topological polar surface area (TPSA) is 29.5 Å². The van der Waals surface area contributed by atoms with Gasteiger partial charge in [0.1, 0.15) is 17.6 Å². The Balaban J connectivity index is 2.02. The quantitative estimate of drug-likeness (QED) is 0.586. The average molecular weight is 298 g/mol. The van der Waals surface area contributed by atoms with E-state index >= 15 is 0 Å². The molecule has 0 aliphatic carbocycles. The van der Waals surface area contributed by atoms with E-state index in [0.717, 1.165) is 24.2 Å². The van der Waals surface area contributed by atoms with Crippen molar-refractivity contribution in [2.24, 2.45) is 0 Å².